The molecule has 0 fully saturated rings. The Balaban J connectivity index is 0.000000143. The lowest BCUT2D eigenvalue weighted by molar-refractivity contribution is -0.385. The predicted molar refractivity (Wildman–Crippen MR) is 102 cm³/mol. The number of hydrogen-bond acceptors (Lipinski definition) is 5. The average molecular weight is 452 g/mol. The van der Waals surface area contributed by atoms with Crippen LogP contribution in [0.4, 0.5) is 11.4 Å². The van der Waals surface area contributed by atoms with Gasteiger partial charge in [-0.25, -0.2) is 0 Å². The highest BCUT2D eigenvalue weighted by Crippen LogP contribution is 2.30. The van der Waals surface area contributed by atoms with Gasteiger partial charge < -0.3 is 5.73 Å². The maximum Gasteiger partial charge on any atom is 0.284 e. The molecule has 122 valence electrons. The van der Waals surface area contributed by atoms with Crippen molar-refractivity contribution in [3.63, 3.8) is 0 Å². The fraction of sp³-hybridized carbons (Fsp3) is 0.125. The van der Waals surface area contributed by atoms with Crippen molar-refractivity contribution in [2.45, 2.75) is 13.1 Å². The van der Waals surface area contributed by atoms with E-state index in [0.717, 1.165) is 33.4 Å². The van der Waals surface area contributed by atoms with Crippen LogP contribution in [0.15, 0.2) is 43.2 Å². The molecule has 2 N–H and O–H groups in total. The molecule has 0 radical (unpaired) electrons. The monoisotopic (exact) mass is 450 g/mol. The second kappa shape index (κ2) is 6.82. The molecule has 2 heterocycles. The molecule has 0 atom stereocenters. The van der Waals surface area contributed by atoms with Crippen molar-refractivity contribution in [3.05, 3.63) is 65.6 Å². The number of fused-ring (bicyclic) bond motifs is 2. The van der Waals surface area contributed by atoms with E-state index in [2.05, 4.69) is 41.8 Å². The molecular weight excluding hydrogens is 440 g/mol. The van der Waals surface area contributed by atoms with Crippen LogP contribution in [0.1, 0.15) is 22.3 Å². The molecular formula is C16H12Br2N4O2. The lowest BCUT2D eigenvalue weighted by Crippen LogP contribution is -1.93. The number of halogens is 2. The zero-order valence-electron chi connectivity index (χ0n) is 12.4. The summed E-state index contributed by atoms with van der Waals surface area (Å²) in [6.45, 7) is 1.40. The quantitative estimate of drug-likeness (QED) is 0.398. The fourth-order valence-electron chi connectivity index (χ4n) is 2.41. The van der Waals surface area contributed by atoms with E-state index < -0.39 is 4.92 Å². The minimum absolute atomic E-state index is 0.0899. The van der Waals surface area contributed by atoms with Crippen LogP contribution in [-0.4, -0.2) is 17.4 Å². The van der Waals surface area contributed by atoms with E-state index in [1.54, 1.807) is 12.3 Å². The van der Waals surface area contributed by atoms with E-state index in [4.69, 9.17) is 5.73 Å². The van der Waals surface area contributed by atoms with Gasteiger partial charge in [0.1, 0.15) is 0 Å². The number of nitro benzene ring substituents is 1. The van der Waals surface area contributed by atoms with Gasteiger partial charge in [0.2, 0.25) is 0 Å². The van der Waals surface area contributed by atoms with Crippen molar-refractivity contribution in [1.82, 2.24) is 0 Å². The summed E-state index contributed by atoms with van der Waals surface area (Å²) in [5, 5.41) is 10.6. The molecule has 8 heteroatoms. The first kappa shape index (κ1) is 16.8. The van der Waals surface area contributed by atoms with Crippen LogP contribution in [0, 0.1) is 10.1 Å². The number of anilines is 1. The molecule has 4 rings (SSSR count). The lowest BCUT2D eigenvalue weighted by Gasteiger charge is -2.01. The summed E-state index contributed by atoms with van der Waals surface area (Å²) in [6, 6.07) is 7.25. The molecule has 0 spiro atoms. The zero-order chi connectivity index (χ0) is 17.3. The van der Waals surface area contributed by atoms with Crippen molar-refractivity contribution >= 4 is 55.7 Å². The Morgan fingerprint density at radius 2 is 1.50 bits per heavy atom. The summed E-state index contributed by atoms with van der Waals surface area (Å²) in [6.07, 6.45) is 3.52. The van der Waals surface area contributed by atoms with E-state index >= 15 is 0 Å². The Labute approximate surface area is 154 Å². The summed E-state index contributed by atoms with van der Waals surface area (Å²) in [5.41, 5.74) is 10.8. The molecule has 0 unspecified atom stereocenters. The second-order valence-corrected chi connectivity index (χ2v) is 6.98. The minimum Gasteiger partial charge on any atom is -0.398 e. The van der Waals surface area contributed by atoms with E-state index in [0.29, 0.717) is 11.0 Å². The fourth-order valence-corrected chi connectivity index (χ4v) is 3.33. The van der Waals surface area contributed by atoms with Crippen molar-refractivity contribution in [2.75, 3.05) is 5.73 Å². The molecule has 6 nitrogen and oxygen atoms in total. The summed E-state index contributed by atoms with van der Waals surface area (Å²) in [7, 11) is 0. The van der Waals surface area contributed by atoms with Crippen molar-refractivity contribution < 1.29 is 4.92 Å². The number of aliphatic imine (C=N–C) groups is 2. The Bertz CT molecular complexity index is 894. The summed E-state index contributed by atoms with van der Waals surface area (Å²) < 4.78 is 1.48. The van der Waals surface area contributed by atoms with E-state index in [-0.39, 0.29) is 5.69 Å². The maximum absolute atomic E-state index is 10.6. The molecule has 2 aliphatic heterocycles. The third-order valence-electron chi connectivity index (χ3n) is 3.65. The normalized spacial score (nSPS) is 13.2. The molecule has 0 aromatic heterocycles. The molecule has 0 aliphatic carbocycles. The zero-order valence-corrected chi connectivity index (χ0v) is 15.5. The second-order valence-electron chi connectivity index (χ2n) is 5.27. The van der Waals surface area contributed by atoms with Gasteiger partial charge in [-0.3, -0.25) is 20.1 Å². The van der Waals surface area contributed by atoms with Crippen LogP contribution >= 0.6 is 31.9 Å². The number of nitrogen functional groups attached to an aromatic ring is 1. The smallest absolute Gasteiger partial charge is 0.284 e. The highest BCUT2D eigenvalue weighted by molar-refractivity contribution is 9.11. The largest absolute Gasteiger partial charge is 0.398 e. The van der Waals surface area contributed by atoms with E-state index in [1.165, 1.54) is 11.6 Å². The topological polar surface area (TPSA) is 93.9 Å². The summed E-state index contributed by atoms with van der Waals surface area (Å²) in [4.78, 5) is 18.3. The van der Waals surface area contributed by atoms with Crippen LogP contribution in [0.2, 0.25) is 0 Å². The van der Waals surface area contributed by atoms with Crippen molar-refractivity contribution in [1.29, 1.82) is 0 Å². The molecule has 0 bridgehead atoms. The third kappa shape index (κ3) is 3.39. The van der Waals surface area contributed by atoms with Gasteiger partial charge in [-0.1, -0.05) is 0 Å². The van der Waals surface area contributed by atoms with Gasteiger partial charge in [-0.15, -0.1) is 0 Å². The molecule has 2 aromatic rings. The van der Waals surface area contributed by atoms with Gasteiger partial charge in [0.05, 0.1) is 22.5 Å². The Hall–Kier alpha value is -2.06. The lowest BCUT2D eigenvalue weighted by atomic mass is 10.1. The highest BCUT2D eigenvalue weighted by atomic mass is 79.9. The number of benzene rings is 2. The van der Waals surface area contributed by atoms with Gasteiger partial charge >= 0.3 is 0 Å². The summed E-state index contributed by atoms with van der Waals surface area (Å²) in [5.74, 6) is 0. The Morgan fingerprint density at radius 1 is 0.958 bits per heavy atom. The first-order chi connectivity index (χ1) is 11.5. The van der Waals surface area contributed by atoms with Crippen LogP contribution in [0.5, 0.6) is 0 Å². The van der Waals surface area contributed by atoms with Gasteiger partial charge in [-0.05, 0) is 66.7 Å². The molecule has 0 saturated heterocycles. The van der Waals surface area contributed by atoms with Gasteiger partial charge in [0.15, 0.2) is 0 Å². The predicted octanol–water partition coefficient (Wildman–Crippen LogP) is 4.25. The van der Waals surface area contributed by atoms with E-state index in [9.17, 15) is 10.1 Å². The van der Waals surface area contributed by atoms with Gasteiger partial charge in [-0.2, -0.15) is 0 Å². The van der Waals surface area contributed by atoms with Crippen LogP contribution in [0.25, 0.3) is 0 Å². The Morgan fingerprint density at radius 3 is 2.08 bits per heavy atom. The third-order valence-corrected chi connectivity index (χ3v) is 4.97. The van der Waals surface area contributed by atoms with E-state index in [1.807, 2.05) is 18.3 Å². The molecule has 0 saturated carbocycles. The van der Waals surface area contributed by atoms with Gasteiger partial charge in [0, 0.05) is 34.2 Å². The molecule has 24 heavy (non-hydrogen) atoms. The number of hydrogen-bond donors (Lipinski definition) is 1. The first-order valence-corrected chi connectivity index (χ1v) is 8.58. The van der Waals surface area contributed by atoms with Crippen LogP contribution < -0.4 is 5.73 Å². The van der Waals surface area contributed by atoms with Crippen LogP contribution in [-0.2, 0) is 13.1 Å². The highest BCUT2D eigenvalue weighted by Gasteiger charge is 2.17. The van der Waals surface area contributed by atoms with Crippen molar-refractivity contribution in [3.8, 4) is 0 Å². The number of nitro groups is 1. The maximum atomic E-state index is 10.6. The van der Waals surface area contributed by atoms with Crippen molar-refractivity contribution in [2.24, 2.45) is 9.98 Å². The number of nitrogens with two attached hydrogens (primary N) is 1. The molecule has 2 aliphatic rings. The standard InChI is InChI=1S/C8H5BrN2O2.C8H7BrN2/c9-7-1-5-3-10-4-6(5)2-8(7)11(12)13;9-7-1-5-3-11-4-6(5)2-8(7)10/h1-2,4H,3H2;1-2,4H,3,10H2. The molecule has 2 aromatic carbocycles. The SMILES string of the molecule is Nc1cc2c(cc1Br)CN=C2.O=[N+]([O-])c1cc2c(cc1Br)CN=C2. The minimum atomic E-state index is -0.406. The average Bonchev–Trinajstić information content (AvgIpc) is 3.15. The summed E-state index contributed by atoms with van der Waals surface area (Å²) >= 11 is 6.52. The first-order valence-electron chi connectivity index (χ1n) is 7.00. The number of rotatable bonds is 1. The number of nitrogens with zero attached hydrogens (tertiary/aromatic N) is 3. The Kier molecular flexibility index (Phi) is 4.77. The molecule has 0 amide bonds. The van der Waals surface area contributed by atoms with Gasteiger partial charge in [0.25, 0.3) is 5.69 Å². The van der Waals surface area contributed by atoms with Crippen LogP contribution in [0.3, 0.4) is 0 Å².